The number of halogens is 2. The Bertz CT molecular complexity index is 1350. The van der Waals surface area contributed by atoms with Gasteiger partial charge in [0.25, 0.3) is 0 Å². The number of rotatable bonds is 7. The van der Waals surface area contributed by atoms with Crippen molar-refractivity contribution in [3.63, 3.8) is 0 Å². The van der Waals surface area contributed by atoms with E-state index >= 15 is 0 Å². The van der Waals surface area contributed by atoms with Crippen molar-refractivity contribution in [2.45, 2.75) is 34.9 Å². The number of aliphatic hydroxyl groups is 2. The fourth-order valence-corrected chi connectivity index (χ4v) is 8.55. The number of fused-ring (bicyclic) bond motifs is 6. The van der Waals surface area contributed by atoms with Crippen LogP contribution in [0.5, 0.6) is 0 Å². The fraction of sp³-hybridized carbons (Fsp3) is 0.226. The summed E-state index contributed by atoms with van der Waals surface area (Å²) in [6, 6.07) is 30.1. The van der Waals surface area contributed by atoms with E-state index in [-0.39, 0.29) is 6.61 Å². The van der Waals surface area contributed by atoms with Gasteiger partial charge in [0.05, 0.1) is 0 Å². The molecule has 4 aromatic carbocycles. The van der Waals surface area contributed by atoms with Gasteiger partial charge in [-0.3, -0.25) is 0 Å². The summed E-state index contributed by atoms with van der Waals surface area (Å²) in [7, 11) is 12.5. The van der Waals surface area contributed by atoms with Gasteiger partial charge in [-0.1, -0.05) is 0 Å². The second-order valence-electron chi connectivity index (χ2n) is 9.92. The van der Waals surface area contributed by atoms with Crippen LogP contribution in [0.3, 0.4) is 0 Å². The molecule has 2 nitrogen and oxygen atoms in total. The maximum atomic E-state index is 11.3. The molecule has 2 aliphatic carbocycles. The van der Waals surface area contributed by atoms with Crippen LogP contribution in [-0.4, -0.2) is 20.6 Å². The second-order valence-corrected chi connectivity index (χ2v) is 18.9. The summed E-state index contributed by atoms with van der Waals surface area (Å²) in [6.07, 6.45) is 2.73. The first kappa shape index (κ1) is 24.6. The topological polar surface area (TPSA) is 40.5 Å². The van der Waals surface area contributed by atoms with Crippen molar-refractivity contribution in [3.05, 3.63) is 118 Å². The zero-order chi connectivity index (χ0) is 24.9. The zero-order valence-electron chi connectivity index (χ0n) is 19.8. The quantitative estimate of drug-likeness (QED) is 0.207. The van der Waals surface area contributed by atoms with Gasteiger partial charge in [0.2, 0.25) is 0 Å². The van der Waals surface area contributed by atoms with E-state index in [1.807, 2.05) is 0 Å². The second kappa shape index (κ2) is 9.86. The van der Waals surface area contributed by atoms with Crippen molar-refractivity contribution >= 4 is 17.0 Å². The first-order valence-corrected chi connectivity index (χ1v) is 20.2. The van der Waals surface area contributed by atoms with Crippen LogP contribution in [0.1, 0.15) is 46.2 Å². The minimum absolute atomic E-state index is 0.0530. The molecule has 0 aliphatic heterocycles. The molecule has 6 rings (SSSR count). The summed E-state index contributed by atoms with van der Waals surface area (Å²) in [5.41, 5.74) is 11.8. The molecule has 0 heterocycles. The van der Waals surface area contributed by atoms with Crippen molar-refractivity contribution in [2.75, 3.05) is 6.61 Å². The average molecular weight is 594 g/mol. The van der Waals surface area contributed by atoms with Crippen molar-refractivity contribution < 1.29 is 29.6 Å². The molecule has 0 aromatic heterocycles. The molecule has 0 saturated carbocycles. The zero-order valence-corrected chi connectivity index (χ0v) is 23.8. The molecule has 2 aliphatic rings. The Hall–Kier alpha value is -1.74. The molecule has 1 unspecified atom stereocenters. The van der Waals surface area contributed by atoms with Crippen molar-refractivity contribution in [1.82, 2.24) is 0 Å². The number of hydrogen-bond donors (Lipinski definition) is 2. The maximum absolute atomic E-state index is 11.3. The summed E-state index contributed by atoms with van der Waals surface area (Å²) in [5, 5.41) is 22.0. The number of benzene rings is 4. The van der Waals surface area contributed by atoms with Gasteiger partial charge < -0.3 is 0 Å². The molecule has 0 radical (unpaired) electrons. The van der Waals surface area contributed by atoms with Crippen LogP contribution in [0.4, 0.5) is 0 Å². The third kappa shape index (κ3) is 3.96. The Morgan fingerprint density at radius 2 is 1.17 bits per heavy atom. The summed E-state index contributed by atoms with van der Waals surface area (Å²) >= 11 is -2.84. The summed E-state index contributed by atoms with van der Waals surface area (Å²) < 4.78 is -0.676. The molecule has 2 N–H and O–H groups in total. The fourth-order valence-electron chi connectivity index (χ4n) is 6.37. The Labute approximate surface area is 227 Å². The van der Waals surface area contributed by atoms with Crippen LogP contribution in [0.25, 0.3) is 22.3 Å². The standard InChI is InChI=1S/C31H27O2.2ClH.Zr/c32-17-7-16-31(20-33,29-14-5-12-25-23-10-3-1-8-21(23)18-27(25)29)30-15-6-13-26-24-11-4-2-9-22(24)19-28(26)30;;;/h1-6,8-15,17,32-33H,7,16,18-20H2;2*1H;/q;;;+2/p-2. The van der Waals surface area contributed by atoms with Crippen LogP contribution >= 0.6 is 17.0 Å². The summed E-state index contributed by atoms with van der Waals surface area (Å²) in [6.45, 7) is -0.0530. The van der Waals surface area contributed by atoms with E-state index in [1.54, 1.807) is 0 Å². The number of aliphatic hydroxyl groups excluding tert-OH is 2. The van der Waals surface area contributed by atoms with E-state index in [1.165, 1.54) is 44.5 Å². The third-order valence-electron chi connectivity index (χ3n) is 8.10. The Morgan fingerprint density at radius 1 is 0.694 bits per heavy atom. The van der Waals surface area contributed by atoms with Crippen molar-refractivity contribution in [3.8, 4) is 22.3 Å². The van der Waals surface area contributed by atoms with Gasteiger partial charge in [0.15, 0.2) is 0 Å². The monoisotopic (exact) mass is 591 g/mol. The molecule has 4 aromatic rings. The normalized spacial score (nSPS) is 14.1. The van der Waals surface area contributed by atoms with Gasteiger partial charge in [-0.25, -0.2) is 0 Å². The molecule has 0 amide bonds. The van der Waals surface area contributed by atoms with E-state index in [0.717, 1.165) is 24.0 Å². The molecular formula is C31H27Cl2O2Zr. The van der Waals surface area contributed by atoms with E-state index < -0.39 is 28.6 Å². The molecule has 1 atom stereocenters. The average Bonchev–Trinajstić information content (AvgIpc) is 3.48. The predicted octanol–water partition coefficient (Wildman–Crippen LogP) is 7.13. The van der Waals surface area contributed by atoms with E-state index in [0.29, 0.717) is 12.8 Å². The molecule has 5 heteroatoms. The molecule has 0 bridgehead atoms. The van der Waals surface area contributed by atoms with Crippen LogP contribution in [0.2, 0.25) is 0 Å². The van der Waals surface area contributed by atoms with Gasteiger partial charge in [-0.2, -0.15) is 0 Å². The molecule has 0 fully saturated rings. The molecule has 0 spiro atoms. The van der Waals surface area contributed by atoms with Crippen LogP contribution in [0, 0.1) is 0 Å². The van der Waals surface area contributed by atoms with Gasteiger partial charge in [0, 0.05) is 0 Å². The van der Waals surface area contributed by atoms with Crippen LogP contribution < -0.4 is 0 Å². The molecule has 0 saturated heterocycles. The van der Waals surface area contributed by atoms with E-state index in [2.05, 4.69) is 84.9 Å². The van der Waals surface area contributed by atoms with Gasteiger partial charge >= 0.3 is 229 Å². The molecule has 36 heavy (non-hydrogen) atoms. The first-order valence-electron chi connectivity index (χ1n) is 12.4. The molecule has 181 valence electrons. The third-order valence-corrected chi connectivity index (χ3v) is 13.0. The predicted molar refractivity (Wildman–Crippen MR) is 144 cm³/mol. The Morgan fingerprint density at radius 3 is 1.64 bits per heavy atom. The van der Waals surface area contributed by atoms with Gasteiger partial charge in [0.1, 0.15) is 0 Å². The minimum atomic E-state index is -2.84. The van der Waals surface area contributed by atoms with Crippen LogP contribution in [-0.2, 0) is 37.6 Å². The SMILES string of the molecule is OCC(CC[CH](O)[Zr]([Cl])[Cl])(c1cccc2c1Cc1ccccc1-2)c1cccc2c1Cc1ccccc1-2. The summed E-state index contributed by atoms with van der Waals surface area (Å²) in [5.74, 6) is 0. The Balaban J connectivity index is 1.56. The first-order chi connectivity index (χ1) is 17.5. The van der Waals surface area contributed by atoms with E-state index in [4.69, 9.17) is 17.0 Å². The van der Waals surface area contributed by atoms with Crippen molar-refractivity contribution in [1.29, 1.82) is 0 Å². The van der Waals surface area contributed by atoms with Gasteiger partial charge in [-0.05, 0) is 0 Å². The number of hydrogen-bond acceptors (Lipinski definition) is 2. The van der Waals surface area contributed by atoms with Gasteiger partial charge in [-0.15, -0.1) is 0 Å². The van der Waals surface area contributed by atoms with E-state index in [9.17, 15) is 10.2 Å². The van der Waals surface area contributed by atoms with Crippen molar-refractivity contribution in [2.24, 2.45) is 0 Å². The summed E-state index contributed by atoms with van der Waals surface area (Å²) in [4.78, 5) is 0. The Kier molecular flexibility index (Phi) is 6.73. The van der Waals surface area contributed by atoms with Crippen LogP contribution in [0.15, 0.2) is 84.9 Å². The molecular weight excluding hydrogens is 566 g/mol.